The van der Waals surface area contributed by atoms with Crippen molar-refractivity contribution in [3.05, 3.63) is 28.3 Å². The minimum absolute atomic E-state index is 0.218. The van der Waals surface area contributed by atoms with E-state index >= 15 is 0 Å². The van der Waals surface area contributed by atoms with Crippen LogP contribution >= 0.6 is 11.6 Å². The Morgan fingerprint density at radius 1 is 1.30 bits per heavy atom. The van der Waals surface area contributed by atoms with Crippen LogP contribution in [0.3, 0.4) is 0 Å². The molecular formula is C17H23ClO2. The van der Waals surface area contributed by atoms with E-state index in [4.69, 9.17) is 16.3 Å². The minimum atomic E-state index is -0.619. The van der Waals surface area contributed by atoms with Crippen molar-refractivity contribution in [1.29, 1.82) is 0 Å². The average Bonchev–Trinajstić information content (AvgIpc) is 2.74. The summed E-state index contributed by atoms with van der Waals surface area (Å²) < 4.78 is 5.75. The van der Waals surface area contributed by atoms with Gasteiger partial charge in [-0.25, -0.2) is 0 Å². The fourth-order valence-electron chi connectivity index (χ4n) is 3.95. The molecule has 1 N–H and O–H groups in total. The number of fused-ring (bicyclic) bond motifs is 1. The zero-order valence-corrected chi connectivity index (χ0v) is 13.1. The molecule has 0 radical (unpaired) electrons. The lowest BCUT2D eigenvalue weighted by molar-refractivity contribution is -0.0385. The van der Waals surface area contributed by atoms with Crippen LogP contribution in [-0.2, 0) is 12.8 Å². The number of hydrogen-bond donors (Lipinski definition) is 1. The molecule has 3 rings (SSSR count). The molecule has 0 bridgehead atoms. The van der Waals surface area contributed by atoms with E-state index in [0.717, 1.165) is 48.6 Å². The van der Waals surface area contributed by atoms with Crippen molar-refractivity contribution in [3.63, 3.8) is 0 Å². The Bertz CT molecular complexity index is 524. The second-order valence-corrected chi connectivity index (χ2v) is 7.68. The van der Waals surface area contributed by atoms with E-state index in [0.29, 0.717) is 6.42 Å². The van der Waals surface area contributed by atoms with Crippen LogP contribution in [0.15, 0.2) is 12.1 Å². The molecule has 0 saturated heterocycles. The molecule has 3 heteroatoms. The van der Waals surface area contributed by atoms with Gasteiger partial charge in [-0.05, 0) is 47.9 Å². The minimum Gasteiger partial charge on any atom is -0.493 e. The van der Waals surface area contributed by atoms with Gasteiger partial charge in [0.05, 0.1) is 12.2 Å². The number of aliphatic hydroxyl groups is 1. The van der Waals surface area contributed by atoms with Crippen molar-refractivity contribution in [2.75, 3.05) is 6.61 Å². The standard InChI is InChI=1S/C17H23ClO2/c1-16(2)5-3-6-17(19,11-16)10-13-9-14(18)8-12-4-7-20-15(12)13/h8-9,19H,3-7,10-11H2,1-2H3. The molecule has 2 nitrogen and oxygen atoms in total. The van der Waals surface area contributed by atoms with Gasteiger partial charge >= 0.3 is 0 Å². The summed E-state index contributed by atoms with van der Waals surface area (Å²) in [5, 5.41) is 11.7. The smallest absolute Gasteiger partial charge is 0.126 e. The van der Waals surface area contributed by atoms with Crippen LogP contribution in [-0.4, -0.2) is 17.3 Å². The fraction of sp³-hybridized carbons (Fsp3) is 0.647. The second-order valence-electron chi connectivity index (χ2n) is 7.25. The van der Waals surface area contributed by atoms with Crippen molar-refractivity contribution in [2.24, 2.45) is 5.41 Å². The Balaban J connectivity index is 1.88. The molecule has 1 heterocycles. The highest BCUT2D eigenvalue weighted by Crippen LogP contribution is 2.44. The van der Waals surface area contributed by atoms with E-state index < -0.39 is 5.60 Å². The molecule has 20 heavy (non-hydrogen) atoms. The van der Waals surface area contributed by atoms with Gasteiger partial charge in [0, 0.05) is 17.9 Å². The van der Waals surface area contributed by atoms with Crippen molar-refractivity contribution >= 4 is 11.6 Å². The lowest BCUT2D eigenvalue weighted by Crippen LogP contribution is -2.40. The third-order valence-electron chi connectivity index (χ3n) is 4.65. The highest BCUT2D eigenvalue weighted by molar-refractivity contribution is 6.30. The van der Waals surface area contributed by atoms with Gasteiger partial charge in [0.2, 0.25) is 0 Å². The van der Waals surface area contributed by atoms with Crippen LogP contribution in [0.2, 0.25) is 5.02 Å². The van der Waals surface area contributed by atoms with Gasteiger partial charge < -0.3 is 9.84 Å². The summed E-state index contributed by atoms with van der Waals surface area (Å²) in [6.45, 7) is 5.22. The molecule has 1 aliphatic carbocycles. The summed E-state index contributed by atoms with van der Waals surface area (Å²) in [6, 6.07) is 3.95. The molecule has 1 fully saturated rings. The molecule has 0 aromatic heterocycles. The second kappa shape index (κ2) is 4.92. The number of rotatable bonds is 2. The zero-order chi connectivity index (χ0) is 14.4. The molecule has 110 valence electrons. The molecule has 1 unspecified atom stereocenters. The number of benzene rings is 1. The third-order valence-corrected chi connectivity index (χ3v) is 4.87. The van der Waals surface area contributed by atoms with Crippen molar-refractivity contribution < 1.29 is 9.84 Å². The molecular weight excluding hydrogens is 272 g/mol. The first-order chi connectivity index (χ1) is 9.37. The monoisotopic (exact) mass is 294 g/mol. The van der Waals surface area contributed by atoms with Gasteiger partial charge in [-0.1, -0.05) is 31.9 Å². The van der Waals surface area contributed by atoms with Gasteiger partial charge in [0.25, 0.3) is 0 Å². The van der Waals surface area contributed by atoms with Crippen LogP contribution in [0.25, 0.3) is 0 Å². The maximum atomic E-state index is 11.0. The quantitative estimate of drug-likeness (QED) is 0.888. The van der Waals surface area contributed by atoms with Gasteiger partial charge in [-0.15, -0.1) is 0 Å². The van der Waals surface area contributed by atoms with E-state index in [-0.39, 0.29) is 5.41 Å². The first-order valence-corrected chi connectivity index (χ1v) is 7.91. The zero-order valence-electron chi connectivity index (χ0n) is 12.3. The number of ether oxygens (including phenoxy) is 1. The van der Waals surface area contributed by atoms with Gasteiger partial charge in [-0.3, -0.25) is 0 Å². The SMILES string of the molecule is CC1(C)CCCC(O)(Cc2cc(Cl)cc3c2OCC3)C1. The van der Waals surface area contributed by atoms with Crippen LogP contribution < -0.4 is 4.74 Å². The van der Waals surface area contributed by atoms with Crippen molar-refractivity contribution in [2.45, 2.75) is 58.0 Å². The number of hydrogen-bond acceptors (Lipinski definition) is 2. The maximum absolute atomic E-state index is 11.0. The van der Waals surface area contributed by atoms with E-state index in [9.17, 15) is 5.11 Å². The van der Waals surface area contributed by atoms with E-state index in [1.807, 2.05) is 12.1 Å². The average molecular weight is 295 g/mol. The fourth-order valence-corrected chi connectivity index (χ4v) is 4.21. The summed E-state index contributed by atoms with van der Waals surface area (Å²) >= 11 is 6.21. The first-order valence-electron chi connectivity index (χ1n) is 7.53. The van der Waals surface area contributed by atoms with Gasteiger partial charge in [0.1, 0.15) is 5.75 Å². The highest BCUT2D eigenvalue weighted by atomic mass is 35.5. The predicted molar refractivity (Wildman–Crippen MR) is 81.6 cm³/mol. The molecule has 0 amide bonds. The summed E-state index contributed by atoms with van der Waals surface area (Å²) in [5.41, 5.74) is 1.86. The Morgan fingerprint density at radius 2 is 2.10 bits per heavy atom. The molecule has 1 saturated carbocycles. The first kappa shape index (κ1) is 14.2. The highest BCUT2D eigenvalue weighted by Gasteiger charge is 2.39. The maximum Gasteiger partial charge on any atom is 0.126 e. The topological polar surface area (TPSA) is 29.5 Å². The lowest BCUT2D eigenvalue weighted by atomic mass is 9.68. The Hall–Kier alpha value is -0.730. The van der Waals surface area contributed by atoms with Crippen molar-refractivity contribution in [1.82, 2.24) is 0 Å². The van der Waals surface area contributed by atoms with E-state index in [2.05, 4.69) is 13.8 Å². The molecule has 2 aliphatic rings. The summed E-state index contributed by atoms with van der Waals surface area (Å²) in [7, 11) is 0. The molecule has 1 aromatic carbocycles. The Kier molecular flexibility index (Phi) is 3.50. The lowest BCUT2D eigenvalue weighted by Gasteiger charge is -2.41. The molecule has 0 spiro atoms. The molecule has 1 atom stereocenters. The summed E-state index contributed by atoms with van der Waals surface area (Å²) in [5.74, 6) is 0.964. The Labute approximate surface area is 126 Å². The van der Waals surface area contributed by atoms with Crippen LogP contribution in [0.5, 0.6) is 5.75 Å². The Morgan fingerprint density at radius 3 is 2.85 bits per heavy atom. The van der Waals surface area contributed by atoms with Gasteiger partial charge in [-0.2, -0.15) is 0 Å². The predicted octanol–water partition coefficient (Wildman–Crippen LogP) is 4.15. The van der Waals surface area contributed by atoms with Crippen LogP contribution in [0.1, 0.15) is 50.7 Å². The molecule has 1 aliphatic heterocycles. The number of halogens is 1. The largest absolute Gasteiger partial charge is 0.493 e. The third kappa shape index (κ3) is 2.82. The normalized spacial score (nSPS) is 28.0. The van der Waals surface area contributed by atoms with Crippen LogP contribution in [0, 0.1) is 5.41 Å². The van der Waals surface area contributed by atoms with Crippen molar-refractivity contribution in [3.8, 4) is 5.75 Å². The summed E-state index contributed by atoms with van der Waals surface area (Å²) in [4.78, 5) is 0. The molecule has 1 aromatic rings. The summed E-state index contributed by atoms with van der Waals surface area (Å²) in [6.07, 6.45) is 5.58. The van der Waals surface area contributed by atoms with E-state index in [1.54, 1.807) is 0 Å². The van der Waals surface area contributed by atoms with Gasteiger partial charge in [0.15, 0.2) is 0 Å². The van der Waals surface area contributed by atoms with E-state index in [1.165, 1.54) is 12.0 Å². The van der Waals surface area contributed by atoms with Crippen LogP contribution in [0.4, 0.5) is 0 Å².